The van der Waals surface area contributed by atoms with Crippen LogP contribution in [0.5, 0.6) is 5.75 Å². The van der Waals surface area contributed by atoms with Crippen LogP contribution in [0.1, 0.15) is 26.3 Å². The van der Waals surface area contributed by atoms with Crippen LogP contribution >= 0.6 is 0 Å². The highest BCUT2D eigenvalue weighted by Gasteiger charge is 2.32. The van der Waals surface area contributed by atoms with Gasteiger partial charge in [0.15, 0.2) is 0 Å². The van der Waals surface area contributed by atoms with Gasteiger partial charge in [-0.3, -0.25) is 9.69 Å². The third-order valence-electron chi connectivity index (χ3n) is 5.17. The van der Waals surface area contributed by atoms with Crippen LogP contribution in [0, 0.1) is 5.41 Å². The molecule has 2 N–H and O–H groups in total. The molecule has 2 aliphatic heterocycles. The number of benzene rings is 1. The lowest BCUT2D eigenvalue weighted by Crippen LogP contribution is -2.52. The van der Waals surface area contributed by atoms with Crippen molar-refractivity contribution in [1.29, 1.82) is 0 Å². The number of hydrogen-bond acceptors (Lipinski definition) is 6. The summed E-state index contributed by atoms with van der Waals surface area (Å²) in [5.41, 5.74) is 0.626. The molecule has 0 saturated carbocycles. The monoisotopic (exact) mass is 411 g/mol. The van der Waals surface area contributed by atoms with Crippen molar-refractivity contribution < 1.29 is 19.7 Å². The van der Waals surface area contributed by atoms with Crippen molar-refractivity contribution in [2.75, 3.05) is 32.7 Å². The fraction of sp³-hybridized carbons (Fsp3) is 0.391. The van der Waals surface area contributed by atoms with Crippen molar-refractivity contribution in [2.45, 2.75) is 20.8 Å². The van der Waals surface area contributed by atoms with Gasteiger partial charge in [0.1, 0.15) is 29.3 Å². The third-order valence-corrected chi connectivity index (χ3v) is 5.17. The Kier molecular flexibility index (Phi) is 6.62. The molecule has 1 fully saturated rings. The highest BCUT2D eigenvalue weighted by Crippen LogP contribution is 2.26. The summed E-state index contributed by atoms with van der Waals surface area (Å²) in [7, 11) is 0. The van der Waals surface area contributed by atoms with Crippen molar-refractivity contribution in [3.05, 3.63) is 65.8 Å². The average Bonchev–Trinajstić information content (AvgIpc) is 2.88. The standard InChI is InChI=1S/C23H29N3O4/c1-4-7-18(27)14-17-15-30-20-9-6-5-8-19(20)21(24-17)26-12-10-25(11-13-26)16-23(2,3)22(28)29/h4-9,14-15,27H,10-13,16H2,1-3H3,(H,28,29)/b7-4-,18-14+. The Bertz CT molecular complexity index is 907. The number of carbonyl (C=O) groups is 1. The first-order valence-corrected chi connectivity index (χ1v) is 10.1. The second-order valence-electron chi connectivity index (χ2n) is 8.11. The molecule has 7 nitrogen and oxygen atoms in total. The summed E-state index contributed by atoms with van der Waals surface area (Å²) in [5.74, 6) is 0.810. The molecule has 3 rings (SSSR count). The summed E-state index contributed by atoms with van der Waals surface area (Å²) in [6.07, 6.45) is 6.45. The number of allylic oxidation sites excluding steroid dienone is 3. The topological polar surface area (TPSA) is 85.6 Å². The molecule has 0 spiro atoms. The number of rotatable bonds is 5. The number of piperazine rings is 1. The van der Waals surface area contributed by atoms with Gasteiger partial charge < -0.3 is 19.8 Å². The van der Waals surface area contributed by atoms with Gasteiger partial charge in [0.05, 0.1) is 11.0 Å². The van der Waals surface area contributed by atoms with E-state index >= 15 is 0 Å². The Morgan fingerprint density at radius 1 is 1.20 bits per heavy atom. The summed E-state index contributed by atoms with van der Waals surface area (Å²) in [6.45, 7) is 8.79. The molecule has 0 amide bonds. The molecular weight excluding hydrogens is 382 g/mol. The molecule has 160 valence electrons. The summed E-state index contributed by atoms with van der Waals surface area (Å²) >= 11 is 0. The minimum atomic E-state index is -0.786. The molecule has 0 aromatic heterocycles. The highest BCUT2D eigenvalue weighted by atomic mass is 16.5. The number of amidine groups is 1. The number of aliphatic hydroxyl groups excluding tert-OH is 1. The maximum atomic E-state index is 11.4. The molecule has 0 aliphatic carbocycles. The lowest BCUT2D eigenvalue weighted by atomic mass is 9.93. The predicted octanol–water partition coefficient (Wildman–Crippen LogP) is 3.41. The molecule has 1 aromatic rings. The lowest BCUT2D eigenvalue weighted by molar-refractivity contribution is -0.148. The van der Waals surface area contributed by atoms with E-state index in [0.717, 1.165) is 37.6 Å². The smallest absolute Gasteiger partial charge is 0.310 e. The van der Waals surface area contributed by atoms with E-state index in [1.807, 2.05) is 31.2 Å². The fourth-order valence-electron chi connectivity index (χ4n) is 3.51. The highest BCUT2D eigenvalue weighted by molar-refractivity contribution is 6.02. The van der Waals surface area contributed by atoms with E-state index in [4.69, 9.17) is 9.73 Å². The molecule has 0 bridgehead atoms. The number of carboxylic acid groups (broad SMARTS) is 1. The number of para-hydroxylation sites is 1. The summed E-state index contributed by atoms with van der Waals surface area (Å²) < 4.78 is 5.82. The van der Waals surface area contributed by atoms with Crippen molar-refractivity contribution in [3.8, 4) is 5.75 Å². The van der Waals surface area contributed by atoms with E-state index in [0.29, 0.717) is 18.0 Å². The molecular formula is C23H29N3O4. The molecule has 0 atom stereocenters. The van der Waals surface area contributed by atoms with Gasteiger partial charge in [-0.15, -0.1) is 0 Å². The second kappa shape index (κ2) is 9.17. The van der Waals surface area contributed by atoms with Crippen LogP contribution in [0.2, 0.25) is 0 Å². The second-order valence-corrected chi connectivity index (χ2v) is 8.11. The molecule has 30 heavy (non-hydrogen) atoms. The summed E-state index contributed by atoms with van der Waals surface area (Å²) in [6, 6.07) is 7.72. The van der Waals surface area contributed by atoms with Gasteiger partial charge >= 0.3 is 5.97 Å². The van der Waals surface area contributed by atoms with Crippen molar-refractivity contribution in [3.63, 3.8) is 0 Å². The van der Waals surface area contributed by atoms with E-state index in [-0.39, 0.29) is 5.76 Å². The van der Waals surface area contributed by atoms with Crippen molar-refractivity contribution in [1.82, 2.24) is 9.80 Å². The van der Waals surface area contributed by atoms with Crippen LogP contribution in [0.15, 0.2) is 65.2 Å². The van der Waals surface area contributed by atoms with Gasteiger partial charge in [-0.1, -0.05) is 18.2 Å². The number of hydrogen-bond donors (Lipinski definition) is 2. The Morgan fingerprint density at radius 2 is 1.90 bits per heavy atom. The quantitative estimate of drug-likeness (QED) is 0.570. The first-order valence-electron chi connectivity index (χ1n) is 10.1. The number of aliphatic carboxylic acids is 1. The molecule has 2 heterocycles. The Balaban J connectivity index is 1.82. The van der Waals surface area contributed by atoms with Crippen molar-refractivity contribution >= 4 is 11.8 Å². The number of ether oxygens (including phenoxy) is 1. The van der Waals surface area contributed by atoms with Gasteiger partial charge in [-0.05, 0) is 39.0 Å². The maximum Gasteiger partial charge on any atom is 0.310 e. The van der Waals surface area contributed by atoms with Gasteiger partial charge in [-0.2, -0.15) is 0 Å². The molecule has 0 unspecified atom stereocenters. The zero-order valence-corrected chi connectivity index (χ0v) is 17.7. The van der Waals surface area contributed by atoms with E-state index in [2.05, 4.69) is 9.80 Å². The predicted molar refractivity (Wildman–Crippen MR) is 117 cm³/mol. The van der Waals surface area contributed by atoms with Crippen LogP contribution in [-0.4, -0.2) is 64.5 Å². The van der Waals surface area contributed by atoms with Crippen LogP contribution in [0.25, 0.3) is 0 Å². The van der Waals surface area contributed by atoms with Gasteiger partial charge in [0.2, 0.25) is 0 Å². The maximum absolute atomic E-state index is 11.4. The Morgan fingerprint density at radius 3 is 2.57 bits per heavy atom. The number of carboxylic acids is 1. The van der Waals surface area contributed by atoms with Crippen LogP contribution in [0.3, 0.4) is 0 Å². The lowest BCUT2D eigenvalue weighted by Gasteiger charge is -2.39. The van der Waals surface area contributed by atoms with E-state index in [1.54, 1.807) is 32.1 Å². The summed E-state index contributed by atoms with van der Waals surface area (Å²) in [4.78, 5) is 20.6. The van der Waals surface area contributed by atoms with Gasteiger partial charge in [-0.25, -0.2) is 4.99 Å². The molecule has 0 radical (unpaired) electrons. The minimum absolute atomic E-state index is 0.0992. The van der Waals surface area contributed by atoms with Crippen molar-refractivity contribution in [2.24, 2.45) is 10.4 Å². The Labute approximate surface area is 177 Å². The van der Waals surface area contributed by atoms with Crippen LogP contribution in [0.4, 0.5) is 0 Å². The first-order chi connectivity index (χ1) is 14.3. The molecule has 7 heteroatoms. The number of aliphatic hydroxyl groups is 1. The van der Waals surface area contributed by atoms with Gasteiger partial charge in [0.25, 0.3) is 0 Å². The largest absolute Gasteiger partial charge is 0.508 e. The van der Waals surface area contributed by atoms with Crippen LogP contribution in [-0.2, 0) is 4.79 Å². The zero-order valence-electron chi connectivity index (χ0n) is 17.7. The Hall–Kier alpha value is -3.06. The van der Waals surface area contributed by atoms with Crippen LogP contribution < -0.4 is 4.74 Å². The molecule has 2 aliphatic rings. The summed E-state index contributed by atoms with van der Waals surface area (Å²) in [5, 5.41) is 19.4. The SMILES string of the molecule is C/C=C\C(O)=C/C1=COc2ccccc2C(N2CCN(CC(C)(C)C(=O)O)CC2)=N1. The molecule has 1 saturated heterocycles. The number of aliphatic imine (C=N–C) groups is 1. The van der Waals surface area contributed by atoms with E-state index in [9.17, 15) is 15.0 Å². The first kappa shape index (κ1) is 21.6. The third kappa shape index (κ3) is 5.10. The molecule has 1 aromatic carbocycles. The average molecular weight is 412 g/mol. The van der Waals surface area contributed by atoms with Gasteiger partial charge in [0, 0.05) is 38.8 Å². The fourth-order valence-corrected chi connectivity index (χ4v) is 3.51. The normalized spacial score (nSPS) is 18.4. The number of fused-ring (bicyclic) bond motifs is 1. The van der Waals surface area contributed by atoms with E-state index in [1.165, 1.54) is 6.26 Å². The minimum Gasteiger partial charge on any atom is -0.508 e. The zero-order chi connectivity index (χ0) is 21.7. The number of nitrogens with zero attached hydrogens (tertiary/aromatic N) is 3. The van der Waals surface area contributed by atoms with E-state index < -0.39 is 11.4 Å².